The van der Waals surface area contributed by atoms with Crippen molar-refractivity contribution < 1.29 is 0 Å². The lowest BCUT2D eigenvalue weighted by Crippen LogP contribution is -1.57. The van der Waals surface area contributed by atoms with Gasteiger partial charge in [0.1, 0.15) is 10.8 Å². The van der Waals surface area contributed by atoms with Gasteiger partial charge in [-0.2, -0.15) is 10.5 Å². The third-order valence-corrected chi connectivity index (χ3v) is 7.64. The van der Waals surface area contributed by atoms with Crippen LogP contribution in [0.5, 0.6) is 0 Å². The zero-order valence-corrected chi connectivity index (χ0v) is 14.5. The van der Waals surface area contributed by atoms with Gasteiger partial charge in [-0.1, -0.05) is 0 Å². The minimum absolute atomic E-state index is 1.02. The highest BCUT2D eigenvalue weighted by atomic mass is 32.2. The van der Waals surface area contributed by atoms with Crippen molar-refractivity contribution in [2.75, 3.05) is 0 Å². The molecule has 3 aromatic rings. The second-order valence-electron chi connectivity index (χ2n) is 3.79. The summed E-state index contributed by atoms with van der Waals surface area (Å²) in [6.07, 6.45) is 0. The third-order valence-electron chi connectivity index (χ3n) is 2.55. The van der Waals surface area contributed by atoms with Gasteiger partial charge in [-0.25, -0.2) is 0 Å². The standard InChI is InChI=1S/C14H6N2S5/c15-7-17-13-5-3-11(20-13)9-1-2-10(19-9)12-4-6-14(21-12)18-8-16/h1-6H. The Labute approximate surface area is 142 Å². The maximum Gasteiger partial charge on any atom is 0.139 e. The van der Waals surface area contributed by atoms with Crippen LogP contribution in [0.3, 0.4) is 0 Å². The lowest BCUT2D eigenvalue weighted by Gasteiger charge is -1.90. The summed E-state index contributed by atoms with van der Waals surface area (Å²) in [5.74, 6) is 0. The van der Waals surface area contributed by atoms with E-state index in [1.807, 2.05) is 12.1 Å². The first-order chi connectivity index (χ1) is 10.3. The Morgan fingerprint density at radius 2 is 1.00 bits per heavy atom. The molecule has 3 heterocycles. The molecule has 0 N–H and O–H groups in total. The molecule has 3 rings (SSSR count). The van der Waals surface area contributed by atoms with Gasteiger partial charge in [0.25, 0.3) is 0 Å². The molecule has 0 radical (unpaired) electrons. The van der Waals surface area contributed by atoms with Crippen LogP contribution in [0.2, 0.25) is 0 Å². The topological polar surface area (TPSA) is 47.6 Å². The van der Waals surface area contributed by atoms with Crippen molar-refractivity contribution in [1.82, 2.24) is 0 Å². The highest BCUT2D eigenvalue weighted by Crippen LogP contribution is 2.42. The molecule has 0 fully saturated rings. The fraction of sp³-hybridized carbons (Fsp3) is 0. The molecule has 0 aliphatic heterocycles. The Balaban J connectivity index is 1.85. The maximum atomic E-state index is 8.70. The van der Waals surface area contributed by atoms with Gasteiger partial charge in [0.15, 0.2) is 0 Å². The Bertz CT molecular complexity index is 774. The van der Waals surface area contributed by atoms with Crippen molar-refractivity contribution >= 4 is 57.5 Å². The average molecular weight is 363 g/mol. The lowest BCUT2D eigenvalue weighted by molar-refractivity contribution is 1.56. The number of nitrogens with zero attached hydrogens (tertiary/aromatic N) is 2. The first kappa shape index (κ1) is 14.7. The minimum Gasteiger partial charge on any atom is -0.185 e. The van der Waals surface area contributed by atoms with Crippen molar-refractivity contribution in [3.05, 3.63) is 36.4 Å². The van der Waals surface area contributed by atoms with Crippen LogP contribution in [0.1, 0.15) is 0 Å². The molecule has 0 saturated heterocycles. The van der Waals surface area contributed by atoms with Crippen LogP contribution in [-0.4, -0.2) is 0 Å². The summed E-state index contributed by atoms with van der Waals surface area (Å²) < 4.78 is 2.04. The number of thioether (sulfide) groups is 2. The van der Waals surface area contributed by atoms with Crippen molar-refractivity contribution in [3.63, 3.8) is 0 Å². The van der Waals surface area contributed by atoms with Crippen molar-refractivity contribution in [2.24, 2.45) is 0 Å². The van der Waals surface area contributed by atoms with Crippen LogP contribution in [0.15, 0.2) is 44.8 Å². The second kappa shape index (κ2) is 6.69. The molecule has 0 unspecified atom stereocenters. The highest BCUT2D eigenvalue weighted by Gasteiger charge is 2.10. The summed E-state index contributed by atoms with van der Waals surface area (Å²) in [6, 6.07) is 12.3. The van der Waals surface area contributed by atoms with E-state index >= 15 is 0 Å². The molecule has 2 nitrogen and oxygen atoms in total. The van der Waals surface area contributed by atoms with Crippen molar-refractivity contribution in [2.45, 2.75) is 8.42 Å². The van der Waals surface area contributed by atoms with E-state index in [9.17, 15) is 0 Å². The summed E-state index contributed by atoms with van der Waals surface area (Å²) in [5.41, 5.74) is 0. The molecule has 0 amide bonds. The Hall–Kier alpha value is -1.22. The molecule has 0 spiro atoms. The minimum atomic E-state index is 1.02. The summed E-state index contributed by atoms with van der Waals surface area (Å²) >= 11 is 7.42. The number of nitriles is 2. The SMILES string of the molecule is N#CSc1ccc(-c2ccc(-c3ccc(SC#N)s3)s2)s1. The lowest BCUT2D eigenvalue weighted by atomic mass is 10.3. The van der Waals surface area contributed by atoms with Crippen LogP contribution in [-0.2, 0) is 0 Å². The van der Waals surface area contributed by atoms with Gasteiger partial charge in [0.05, 0.1) is 8.42 Å². The summed E-state index contributed by atoms with van der Waals surface area (Å²) in [5, 5.41) is 21.6. The van der Waals surface area contributed by atoms with Crippen LogP contribution in [0.4, 0.5) is 0 Å². The molecular formula is C14H6N2S5. The van der Waals surface area contributed by atoms with Crippen molar-refractivity contribution in [3.8, 4) is 30.3 Å². The maximum absolute atomic E-state index is 8.70. The molecule has 0 aromatic carbocycles. The summed E-state index contributed by atoms with van der Waals surface area (Å²) in [4.78, 5) is 4.80. The average Bonchev–Trinajstić information content (AvgIpc) is 3.18. The van der Waals surface area contributed by atoms with Crippen LogP contribution in [0, 0.1) is 21.3 Å². The molecule has 0 saturated carbocycles. The van der Waals surface area contributed by atoms with Gasteiger partial charge in [-0.15, -0.1) is 34.0 Å². The zero-order valence-electron chi connectivity index (χ0n) is 10.4. The molecule has 102 valence electrons. The van der Waals surface area contributed by atoms with Crippen molar-refractivity contribution in [1.29, 1.82) is 10.5 Å². The number of hydrogen-bond acceptors (Lipinski definition) is 7. The number of hydrogen-bond donors (Lipinski definition) is 0. The van der Waals surface area contributed by atoms with E-state index in [2.05, 4.69) is 35.1 Å². The van der Waals surface area contributed by atoms with Crippen LogP contribution >= 0.6 is 57.5 Å². The molecule has 0 atom stereocenters. The number of thiocyanates is 2. The van der Waals surface area contributed by atoms with E-state index in [1.165, 1.54) is 43.0 Å². The first-order valence-electron chi connectivity index (χ1n) is 5.72. The summed E-state index contributed by atoms with van der Waals surface area (Å²) in [6.45, 7) is 0. The molecule has 3 aromatic heterocycles. The molecule has 0 aliphatic carbocycles. The number of thiophene rings is 3. The second-order valence-corrected chi connectivity index (χ2v) is 9.21. The van der Waals surface area contributed by atoms with E-state index < -0.39 is 0 Å². The van der Waals surface area contributed by atoms with Gasteiger partial charge in [-0.3, -0.25) is 0 Å². The predicted molar refractivity (Wildman–Crippen MR) is 93.9 cm³/mol. The zero-order chi connectivity index (χ0) is 14.7. The molecule has 21 heavy (non-hydrogen) atoms. The van der Waals surface area contributed by atoms with Gasteiger partial charge in [-0.05, 0) is 36.4 Å². The first-order valence-corrected chi connectivity index (χ1v) is 9.80. The molecule has 0 aliphatic rings. The van der Waals surface area contributed by atoms with E-state index in [0.29, 0.717) is 0 Å². The van der Waals surface area contributed by atoms with Gasteiger partial charge in [0.2, 0.25) is 0 Å². The monoisotopic (exact) mass is 362 g/mol. The normalized spacial score (nSPS) is 10.2. The smallest absolute Gasteiger partial charge is 0.139 e. The Morgan fingerprint density at radius 3 is 1.43 bits per heavy atom. The Kier molecular flexibility index (Phi) is 4.69. The third kappa shape index (κ3) is 3.34. The molecule has 0 bridgehead atoms. The quantitative estimate of drug-likeness (QED) is 0.401. The van der Waals surface area contributed by atoms with Crippen LogP contribution < -0.4 is 0 Å². The molecule has 7 heteroatoms. The van der Waals surface area contributed by atoms with E-state index in [4.69, 9.17) is 10.5 Å². The van der Waals surface area contributed by atoms with Crippen LogP contribution in [0.25, 0.3) is 19.5 Å². The molecular weight excluding hydrogens is 357 g/mol. The van der Waals surface area contributed by atoms with Gasteiger partial charge < -0.3 is 0 Å². The van der Waals surface area contributed by atoms with Gasteiger partial charge in [0, 0.05) is 43.0 Å². The van der Waals surface area contributed by atoms with E-state index in [0.717, 1.165) is 8.42 Å². The van der Waals surface area contributed by atoms with Gasteiger partial charge >= 0.3 is 0 Å². The van der Waals surface area contributed by atoms with E-state index in [-0.39, 0.29) is 0 Å². The fourth-order valence-corrected chi connectivity index (χ4v) is 5.92. The number of rotatable bonds is 4. The van der Waals surface area contributed by atoms with E-state index in [1.54, 1.807) is 34.0 Å². The summed E-state index contributed by atoms with van der Waals surface area (Å²) in [7, 11) is 0. The Morgan fingerprint density at radius 1 is 0.619 bits per heavy atom. The fourth-order valence-electron chi connectivity index (χ4n) is 1.71. The highest BCUT2D eigenvalue weighted by molar-refractivity contribution is 8.05. The predicted octanol–water partition coefficient (Wildman–Crippen LogP) is 6.35. The largest absolute Gasteiger partial charge is 0.185 e.